The summed E-state index contributed by atoms with van der Waals surface area (Å²) >= 11 is 6.08. The summed E-state index contributed by atoms with van der Waals surface area (Å²) in [6.07, 6.45) is 6.55. The Morgan fingerprint density at radius 1 is 1.19 bits per heavy atom. The maximum Gasteiger partial charge on any atom is 0.233 e. The zero-order valence-corrected chi connectivity index (χ0v) is 16.8. The minimum atomic E-state index is -0.959. The van der Waals surface area contributed by atoms with Gasteiger partial charge in [-0.1, -0.05) is 43.5 Å². The molecule has 0 radical (unpaired) electrons. The lowest BCUT2D eigenvalue weighted by molar-refractivity contribution is -0.192. The fraction of sp³-hybridized carbons (Fsp3) is 0.682. The molecule has 4 aliphatic rings. The highest BCUT2D eigenvalue weighted by molar-refractivity contribution is 6.30. The minimum Gasteiger partial charge on any atom is -0.391 e. The van der Waals surface area contributed by atoms with Crippen molar-refractivity contribution in [3.8, 4) is 0 Å². The predicted octanol–water partition coefficient (Wildman–Crippen LogP) is 3.81. The van der Waals surface area contributed by atoms with Crippen LogP contribution < -0.4 is 0 Å². The second-order valence-corrected chi connectivity index (χ2v) is 9.20. The Morgan fingerprint density at radius 2 is 1.78 bits per heavy atom. The van der Waals surface area contributed by atoms with Crippen molar-refractivity contribution in [3.05, 3.63) is 34.9 Å². The first-order valence-corrected chi connectivity index (χ1v) is 10.8. The maximum atomic E-state index is 14.0. The fourth-order valence-electron chi connectivity index (χ4n) is 5.84. The van der Waals surface area contributed by atoms with E-state index in [4.69, 9.17) is 11.6 Å². The molecule has 2 aliphatic heterocycles. The summed E-state index contributed by atoms with van der Waals surface area (Å²) in [7, 11) is 0. The standard InChI is InChI=1S/C22H30ClNO3/c1-2-18(25)19-22(27)13-9-17(10-14-22)24(19)20(26)21(11-3-4-12-21)15-5-7-16(23)8-6-15/h5-8,17-19,25,27H,2-4,9-14H2,1H3/t17?,18-,19-,22?/m0/s1. The Hall–Kier alpha value is -1.10. The van der Waals surface area contributed by atoms with Gasteiger partial charge in [-0.25, -0.2) is 0 Å². The molecule has 2 N–H and O–H groups in total. The van der Waals surface area contributed by atoms with E-state index in [1.165, 1.54) is 0 Å². The molecular formula is C22H30ClNO3. The molecule has 2 aliphatic carbocycles. The van der Waals surface area contributed by atoms with Gasteiger partial charge in [0.05, 0.1) is 23.2 Å². The van der Waals surface area contributed by atoms with Crippen LogP contribution in [0.25, 0.3) is 0 Å². The van der Waals surface area contributed by atoms with Crippen molar-refractivity contribution in [2.75, 3.05) is 0 Å². The van der Waals surface area contributed by atoms with Gasteiger partial charge in [0, 0.05) is 11.1 Å². The molecule has 1 aromatic rings. The quantitative estimate of drug-likeness (QED) is 0.820. The van der Waals surface area contributed by atoms with Gasteiger partial charge in [0.15, 0.2) is 0 Å². The number of aliphatic hydroxyl groups excluding tert-OH is 1. The van der Waals surface area contributed by atoms with Crippen LogP contribution in [0.3, 0.4) is 0 Å². The normalized spacial score (nSPS) is 33.3. The monoisotopic (exact) mass is 391 g/mol. The van der Waals surface area contributed by atoms with Crippen LogP contribution >= 0.6 is 11.6 Å². The van der Waals surface area contributed by atoms with Gasteiger partial charge < -0.3 is 15.1 Å². The van der Waals surface area contributed by atoms with E-state index in [2.05, 4.69) is 0 Å². The van der Waals surface area contributed by atoms with Crippen LogP contribution in [0.4, 0.5) is 0 Å². The van der Waals surface area contributed by atoms with Gasteiger partial charge in [-0.3, -0.25) is 4.79 Å². The molecule has 0 spiro atoms. The van der Waals surface area contributed by atoms with Gasteiger partial charge in [-0.05, 0) is 62.6 Å². The van der Waals surface area contributed by atoms with Crippen molar-refractivity contribution >= 4 is 17.5 Å². The largest absolute Gasteiger partial charge is 0.391 e. The Bertz CT molecular complexity index is 690. The van der Waals surface area contributed by atoms with Crippen molar-refractivity contribution in [2.45, 2.75) is 93.9 Å². The highest BCUT2D eigenvalue weighted by Crippen LogP contribution is 2.49. The third-order valence-electron chi connectivity index (χ3n) is 7.35. The number of benzene rings is 1. The number of amides is 1. The first kappa shape index (κ1) is 19.2. The van der Waals surface area contributed by atoms with Crippen LogP contribution in [-0.2, 0) is 10.2 Å². The summed E-state index contributed by atoms with van der Waals surface area (Å²) in [5.41, 5.74) is -0.489. The van der Waals surface area contributed by atoms with E-state index in [-0.39, 0.29) is 11.9 Å². The number of fused-ring (bicyclic) bond motifs is 3. The number of carbonyl (C=O) groups is 1. The van der Waals surface area contributed by atoms with E-state index in [9.17, 15) is 15.0 Å². The molecule has 1 amide bonds. The maximum absolute atomic E-state index is 14.0. The highest BCUT2D eigenvalue weighted by Gasteiger charge is 2.58. The molecule has 5 heteroatoms. The Kier molecular flexibility index (Phi) is 5.02. The number of hydrogen-bond donors (Lipinski definition) is 2. The summed E-state index contributed by atoms with van der Waals surface area (Å²) in [5, 5.41) is 22.7. The zero-order chi connectivity index (χ0) is 19.2. The van der Waals surface area contributed by atoms with Crippen molar-refractivity contribution in [1.82, 2.24) is 4.90 Å². The summed E-state index contributed by atoms with van der Waals surface area (Å²) < 4.78 is 0. The smallest absolute Gasteiger partial charge is 0.233 e. The Labute approximate surface area is 166 Å². The van der Waals surface area contributed by atoms with Crippen LogP contribution in [0.15, 0.2) is 24.3 Å². The lowest BCUT2D eigenvalue weighted by Crippen LogP contribution is -2.71. The van der Waals surface area contributed by atoms with E-state index < -0.39 is 23.2 Å². The topological polar surface area (TPSA) is 60.8 Å². The molecule has 2 heterocycles. The first-order valence-electron chi connectivity index (χ1n) is 10.4. The number of piperidine rings is 2. The summed E-state index contributed by atoms with van der Waals surface area (Å²) in [5.74, 6) is 0.0997. The van der Waals surface area contributed by atoms with E-state index in [0.29, 0.717) is 24.3 Å². The molecule has 4 fully saturated rings. The lowest BCUT2D eigenvalue weighted by atomic mass is 9.67. The molecule has 2 bridgehead atoms. The Morgan fingerprint density at radius 3 is 2.33 bits per heavy atom. The van der Waals surface area contributed by atoms with Crippen LogP contribution in [0, 0.1) is 0 Å². The summed E-state index contributed by atoms with van der Waals surface area (Å²) in [6.45, 7) is 1.92. The second kappa shape index (κ2) is 7.06. The Balaban J connectivity index is 1.75. The molecule has 148 valence electrons. The number of carbonyl (C=O) groups excluding carboxylic acids is 1. The predicted molar refractivity (Wildman–Crippen MR) is 106 cm³/mol. The number of aliphatic hydroxyl groups is 2. The third-order valence-corrected chi connectivity index (χ3v) is 7.60. The summed E-state index contributed by atoms with van der Waals surface area (Å²) in [4.78, 5) is 15.9. The van der Waals surface area contributed by atoms with Gasteiger partial charge in [-0.2, -0.15) is 0 Å². The first-order chi connectivity index (χ1) is 12.9. The van der Waals surface area contributed by atoms with E-state index in [0.717, 1.165) is 44.1 Å². The molecule has 0 unspecified atom stereocenters. The van der Waals surface area contributed by atoms with Gasteiger partial charge in [0.1, 0.15) is 0 Å². The van der Waals surface area contributed by atoms with Gasteiger partial charge in [-0.15, -0.1) is 0 Å². The second-order valence-electron chi connectivity index (χ2n) is 8.76. The average Bonchev–Trinajstić information content (AvgIpc) is 3.18. The zero-order valence-electron chi connectivity index (χ0n) is 16.0. The summed E-state index contributed by atoms with van der Waals surface area (Å²) in [6, 6.07) is 7.31. The number of halogens is 1. The molecule has 2 saturated heterocycles. The van der Waals surface area contributed by atoms with Crippen LogP contribution in [0.2, 0.25) is 5.02 Å². The third kappa shape index (κ3) is 3.01. The fourth-order valence-corrected chi connectivity index (χ4v) is 5.97. The number of rotatable bonds is 4. The van der Waals surface area contributed by atoms with Crippen molar-refractivity contribution in [3.63, 3.8) is 0 Å². The lowest BCUT2D eigenvalue weighted by Gasteiger charge is -2.58. The van der Waals surface area contributed by atoms with E-state index in [1.54, 1.807) is 0 Å². The SMILES string of the molecule is CC[C@H](O)[C@@H]1N(C(=O)C2(c3ccc(Cl)cc3)CCCC2)C2CCC1(O)CC2. The minimum absolute atomic E-state index is 0.0997. The van der Waals surface area contributed by atoms with Crippen molar-refractivity contribution < 1.29 is 15.0 Å². The van der Waals surface area contributed by atoms with Crippen LogP contribution in [0.1, 0.15) is 70.3 Å². The van der Waals surface area contributed by atoms with E-state index in [1.807, 2.05) is 36.1 Å². The van der Waals surface area contributed by atoms with Crippen molar-refractivity contribution in [1.29, 1.82) is 0 Å². The van der Waals surface area contributed by atoms with E-state index >= 15 is 0 Å². The molecule has 4 nitrogen and oxygen atoms in total. The molecular weight excluding hydrogens is 362 g/mol. The highest BCUT2D eigenvalue weighted by atomic mass is 35.5. The van der Waals surface area contributed by atoms with Crippen LogP contribution in [0.5, 0.6) is 0 Å². The average molecular weight is 392 g/mol. The van der Waals surface area contributed by atoms with Gasteiger partial charge >= 0.3 is 0 Å². The molecule has 5 rings (SSSR count). The van der Waals surface area contributed by atoms with Gasteiger partial charge in [0.2, 0.25) is 5.91 Å². The molecule has 1 aromatic carbocycles. The molecule has 0 aromatic heterocycles. The van der Waals surface area contributed by atoms with Crippen LogP contribution in [-0.4, -0.2) is 44.8 Å². The molecule has 2 atom stereocenters. The number of nitrogens with zero attached hydrogens (tertiary/aromatic N) is 1. The molecule has 2 saturated carbocycles. The van der Waals surface area contributed by atoms with Gasteiger partial charge in [0.25, 0.3) is 0 Å². The molecule has 27 heavy (non-hydrogen) atoms. The van der Waals surface area contributed by atoms with Crippen molar-refractivity contribution in [2.24, 2.45) is 0 Å². The number of hydrogen-bond acceptors (Lipinski definition) is 3.